The zero-order valence-corrected chi connectivity index (χ0v) is 12.9. The van der Waals surface area contributed by atoms with Crippen molar-refractivity contribution in [2.24, 2.45) is 0 Å². The molecule has 1 aromatic heterocycles. The molecule has 0 fully saturated rings. The first-order valence-corrected chi connectivity index (χ1v) is 7.50. The Bertz CT molecular complexity index is 583. The second-order valence-electron chi connectivity index (χ2n) is 4.33. The minimum absolute atomic E-state index is 0.215. The van der Waals surface area contributed by atoms with Gasteiger partial charge < -0.3 is 5.73 Å². The van der Waals surface area contributed by atoms with Crippen LogP contribution in [0.5, 0.6) is 0 Å². The van der Waals surface area contributed by atoms with Crippen molar-refractivity contribution < 1.29 is 0 Å². The van der Waals surface area contributed by atoms with E-state index in [1.807, 2.05) is 24.5 Å². The highest BCUT2D eigenvalue weighted by Gasteiger charge is 2.13. The van der Waals surface area contributed by atoms with Gasteiger partial charge in [-0.3, -0.25) is 4.57 Å². The summed E-state index contributed by atoms with van der Waals surface area (Å²) in [6.45, 7) is 4.08. The lowest BCUT2D eigenvalue weighted by Gasteiger charge is -2.11. The Morgan fingerprint density at radius 1 is 1.32 bits per heavy atom. The van der Waals surface area contributed by atoms with Gasteiger partial charge in [0.15, 0.2) is 5.16 Å². The zero-order chi connectivity index (χ0) is 14.0. The first kappa shape index (κ1) is 14.5. The van der Waals surface area contributed by atoms with Crippen LogP contribution in [0.3, 0.4) is 0 Å². The van der Waals surface area contributed by atoms with E-state index in [0.29, 0.717) is 21.7 Å². The summed E-state index contributed by atoms with van der Waals surface area (Å²) in [6, 6.07) is 5.64. The molecule has 2 N–H and O–H groups in total. The Balaban J connectivity index is 2.17. The van der Waals surface area contributed by atoms with Crippen molar-refractivity contribution in [3.8, 4) is 0 Å². The number of aromatic nitrogens is 3. The number of hydrogen-bond donors (Lipinski definition) is 1. The van der Waals surface area contributed by atoms with E-state index in [0.717, 1.165) is 10.7 Å². The molecule has 0 spiro atoms. The predicted molar refractivity (Wildman–Crippen MR) is 80.8 cm³/mol. The van der Waals surface area contributed by atoms with Gasteiger partial charge in [-0.15, -0.1) is 10.2 Å². The van der Waals surface area contributed by atoms with Crippen LogP contribution in [-0.4, -0.2) is 14.8 Å². The van der Waals surface area contributed by atoms with Crippen LogP contribution in [0.4, 0.5) is 5.95 Å². The number of thioether (sulfide) groups is 1. The van der Waals surface area contributed by atoms with Gasteiger partial charge in [0.1, 0.15) is 0 Å². The van der Waals surface area contributed by atoms with Crippen LogP contribution in [0.2, 0.25) is 10.0 Å². The van der Waals surface area contributed by atoms with Gasteiger partial charge in [0.05, 0.1) is 0 Å². The average Bonchev–Trinajstić information content (AvgIpc) is 2.72. The first-order valence-electron chi connectivity index (χ1n) is 5.76. The third-order valence-electron chi connectivity index (χ3n) is 2.57. The third-order valence-corrected chi connectivity index (χ3v) is 4.17. The third kappa shape index (κ3) is 3.35. The van der Waals surface area contributed by atoms with Gasteiger partial charge >= 0.3 is 0 Å². The molecule has 19 heavy (non-hydrogen) atoms. The lowest BCUT2D eigenvalue weighted by molar-refractivity contribution is 0.557. The Morgan fingerprint density at radius 3 is 2.74 bits per heavy atom. The predicted octanol–water partition coefficient (Wildman–Crippen LogP) is 4.04. The van der Waals surface area contributed by atoms with Crippen molar-refractivity contribution >= 4 is 40.9 Å². The number of nitrogen functional groups attached to an aromatic ring is 1. The van der Waals surface area contributed by atoms with Crippen molar-refractivity contribution in [2.75, 3.05) is 5.73 Å². The highest BCUT2D eigenvalue weighted by atomic mass is 35.5. The van der Waals surface area contributed by atoms with Crippen LogP contribution in [0, 0.1) is 0 Å². The average molecular weight is 317 g/mol. The maximum atomic E-state index is 6.13. The lowest BCUT2D eigenvalue weighted by Crippen LogP contribution is -2.07. The van der Waals surface area contributed by atoms with Gasteiger partial charge in [-0.25, -0.2) is 0 Å². The summed E-state index contributed by atoms with van der Waals surface area (Å²) in [4.78, 5) is 0. The van der Waals surface area contributed by atoms with Crippen molar-refractivity contribution in [3.05, 3.63) is 33.8 Å². The number of benzene rings is 1. The molecule has 0 saturated heterocycles. The van der Waals surface area contributed by atoms with E-state index in [2.05, 4.69) is 10.2 Å². The molecule has 0 aliphatic heterocycles. The second kappa shape index (κ2) is 6.03. The summed E-state index contributed by atoms with van der Waals surface area (Å²) in [5.41, 5.74) is 6.76. The molecular weight excluding hydrogens is 303 g/mol. The molecule has 0 bridgehead atoms. The fourth-order valence-corrected chi connectivity index (χ4v) is 3.19. The monoisotopic (exact) mass is 316 g/mol. The Hall–Kier alpha value is -0.910. The van der Waals surface area contributed by atoms with E-state index in [9.17, 15) is 0 Å². The van der Waals surface area contributed by atoms with Crippen molar-refractivity contribution in [2.45, 2.75) is 30.8 Å². The van der Waals surface area contributed by atoms with Crippen LogP contribution >= 0.6 is 35.0 Å². The topological polar surface area (TPSA) is 56.7 Å². The second-order valence-corrected chi connectivity index (χ2v) is 6.12. The van der Waals surface area contributed by atoms with Gasteiger partial charge in [-0.2, -0.15) is 0 Å². The van der Waals surface area contributed by atoms with Crippen LogP contribution in [0.15, 0.2) is 23.4 Å². The zero-order valence-electron chi connectivity index (χ0n) is 10.6. The maximum Gasteiger partial charge on any atom is 0.222 e. The number of nitrogens with zero attached hydrogens (tertiary/aromatic N) is 3. The summed E-state index contributed by atoms with van der Waals surface area (Å²) in [5.74, 6) is 1.10. The number of nitrogens with two attached hydrogens (primary N) is 1. The van der Waals surface area contributed by atoms with E-state index in [4.69, 9.17) is 28.9 Å². The molecule has 0 atom stereocenters. The number of hydrogen-bond acceptors (Lipinski definition) is 4. The van der Waals surface area contributed by atoms with Crippen LogP contribution in [0.25, 0.3) is 0 Å². The van der Waals surface area contributed by atoms with Crippen molar-refractivity contribution in [3.63, 3.8) is 0 Å². The maximum absolute atomic E-state index is 6.13. The van der Waals surface area contributed by atoms with E-state index in [1.165, 1.54) is 11.8 Å². The van der Waals surface area contributed by atoms with Crippen molar-refractivity contribution in [1.29, 1.82) is 0 Å². The van der Waals surface area contributed by atoms with Crippen LogP contribution in [-0.2, 0) is 5.75 Å². The number of halogens is 2. The van der Waals surface area contributed by atoms with Gasteiger partial charge in [0.25, 0.3) is 0 Å². The fraction of sp³-hybridized carbons (Fsp3) is 0.333. The van der Waals surface area contributed by atoms with E-state index < -0.39 is 0 Å². The summed E-state index contributed by atoms with van der Waals surface area (Å²) in [7, 11) is 0. The molecule has 0 unspecified atom stereocenters. The SMILES string of the molecule is CC(C)n1c(N)nnc1SCc1cc(Cl)ccc1Cl. The number of rotatable bonds is 4. The van der Waals surface area contributed by atoms with Gasteiger partial charge in [-0.05, 0) is 37.6 Å². The highest BCUT2D eigenvalue weighted by molar-refractivity contribution is 7.98. The van der Waals surface area contributed by atoms with Gasteiger partial charge in [-0.1, -0.05) is 35.0 Å². The summed E-state index contributed by atoms with van der Waals surface area (Å²) in [6.07, 6.45) is 0. The molecule has 0 amide bonds. The van der Waals surface area contributed by atoms with E-state index in [1.54, 1.807) is 12.1 Å². The molecule has 1 heterocycles. The van der Waals surface area contributed by atoms with Crippen LogP contribution in [0.1, 0.15) is 25.5 Å². The Morgan fingerprint density at radius 2 is 2.05 bits per heavy atom. The molecule has 0 aliphatic rings. The fourth-order valence-electron chi connectivity index (χ4n) is 1.67. The molecule has 0 saturated carbocycles. The Kier molecular flexibility index (Phi) is 4.60. The molecule has 0 aliphatic carbocycles. The first-order chi connectivity index (χ1) is 8.99. The summed E-state index contributed by atoms with van der Waals surface area (Å²) >= 11 is 13.6. The van der Waals surface area contributed by atoms with E-state index >= 15 is 0 Å². The molecule has 0 radical (unpaired) electrons. The minimum Gasteiger partial charge on any atom is -0.368 e. The summed E-state index contributed by atoms with van der Waals surface area (Å²) < 4.78 is 1.89. The number of anilines is 1. The van der Waals surface area contributed by atoms with Gasteiger partial charge in [0, 0.05) is 21.8 Å². The van der Waals surface area contributed by atoms with Crippen molar-refractivity contribution in [1.82, 2.24) is 14.8 Å². The molecule has 102 valence electrons. The molecule has 7 heteroatoms. The molecule has 2 rings (SSSR count). The standard InChI is InChI=1S/C12H14Cl2N4S/c1-7(2)18-11(15)16-17-12(18)19-6-8-5-9(13)3-4-10(8)14/h3-5,7H,6H2,1-2H3,(H2,15,16). The molecule has 1 aromatic carbocycles. The quantitative estimate of drug-likeness (QED) is 0.865. The van der Waals surface area contributed by atoms with Gasteiger partial charge in [0.2, 0.25) is 5.95 Å². The van der Waals surface area contributed by atoms with Crippen LogP contribution < -0.4 is 5.73 Å². The molecule has 4 nitrogen and oxygen atoms in total. The smallest absolute Gasteiger partial charge is 0.222 e. The molecule has 2 aromatic rings. The minimum atomic E-state index is 0.215. The largest absolute Gasteiger partial charge is 0.368 e. The van der Waals surface area contributed by atoms with E-state index in [-0.39, 0.29) is 6.04 Å². The molecular formula is C12H14Cl2N4S. The summed E-state index contributed by atoms with van der Waals surface area (Å²) in [5, 5.41) is 10.1. The normalized spacial score (nSPS) is 11.2. The Labute approximate surface area is 126 Å². The lowest BCUT2D eigenvalue weighted by atomic mass is 10.2. The highest BCUT2D eigenvalue weighted by Crippen LogP contribution is 2.29.